The summed E-state index contributed by atoms with van der Waals surface area (Å²) in [7, 11) is 0. The van der Waals surface area contributed by atoms with Gasteiger partial charge in [0.15, 0.2) is 11.0 Å². The average Bonchev–Trinajstić information content (AvgIpc) is 3.17. The van der Waals surface area contributed by atoms with Gasteiger partial charge in [0.1, 0.15) is 5.82 Å². The molecule has 0 fully saturated rings. The van der Waals surface area contributed by atoms with Gasteiger partial charge in [0, 0.05) is 34.4 Å². The van der Waals surface area contributed by atoms with E-state index in [2.05, 4.69) is 20.5 Å². The van der Waals surface area contributed by atoms with E-state index in [1.54, 1.807) is 30.6 Å². The number of rotatable bonds is 6. The Hall–Kier alpha value is -3.23. The summed E-state index contributed by atoms with van der Waals surface area (Å²) in [5.41, 5.74) is 2.05. The lowest BCUT2D eigenvalue weighted by atomic mass is 10.2. The van der Waals surface area contributed by atoms with Gasteiger partial charge in [0.05, 0.1) is 5.75 Å². The lowest BCUT2D eigenvalue weighted by molar-refractivity contribution is -0.113. The number of hydrogen-bond donors (Lipinski definition) is 1. The Labute approximate surface area is 181 Å². The number of aromatic nitrogens is 4. The van der Waals surface area contributed by atoms with Gasteiger partial charge in [-0.3, -0.25) is 14.3 Å². The standard InChI is InChI=1S/C21H15ClFN5OS/c22-15-4-6-18(7-5-15)28-20(14-8-10-24-11-9-14)26-27-21(28)30-13-19(29)25-17-3-1-2-16(23)12-17/h1-12H,13H2,(H,25,29). The number of nitrogens with zero attached hydrogens (tertiary/aromatic N) is 4. The first-order valence-electron chi connectivity index (χ1n) is 8.90. The Bertz CT molecular complexity index is 1170. The molecule has 4 rings (SSSR count). The minimum absolute atomic E-state index is 0.0819. The second-order valence-corrected chi connectivity index (χ2v) is 7.58. The average molecular weight is 440 g/mol. The zero-order valence-corrected chi connectivity index (χ0v) is 17.1. The summed E-state index contributed by atoms with van der Waals surface area (Å²) in [6.45, 7) is 0. The van der Waals surface area contributed by atoms with Crippen LogP contribution in [-0.2, 0) is 4.79 Å². The predicted octanol–water partition coefficient (Wildman–Crippen LogP) is 4.85. The second kappa shape index (κ2) is 9.06. The number of benzene rings is 2. The van der Waals surface area contributed by atoms with E-state index in [4.69, 9.17) is 11.6 Å². The SMILES string of the molecule is O=C(CSc1nnc(-c2ccncc2)n1-c1ccc(Cl)cc1)Nc1cccc(F)c1. The van der Waals surface area contributed by atoms with Crippen LogP contribution in [0.1, 0.15) is 0 Å². The second-order valence-electron chi connectivity index (χ2n) is 6.20. The maximum atomic E-state index is 13.3. The van der Waals surface area contributed by atoms with Crippen LogP contribution in [0.4, 0.5) is 10.1 Å². The van der Waals surface area contributed by atoms with Crippen LogP contribution < -0.4 is 5.32 Å². The van der Waals surface area contributed by atoms with Crippen LogP contribution in [0.15, 0.2) is 78.2 Å². The van der Waals surface area contributed by atoms with Gasteiger partial charge < -0.3 is 5.32 Å². The van der Waals surface area contributed by atoms with Crippen LogP contribution in [0.3, 0.4) is 0 Å². The van der Waals surface area contributed by atoms with Crippen molar-refractivity contribution in [2.75, 3.05) is 11.1 Å². The van der Waals surface area contributed by atoms with Crippen LogP contribution in [0.5, 0.6) is 0 Å². The Morgan fingerprint density at radius 2 is 1.83 bits per heavy atom. The van der Waals surface area contributed by atoms with E-state index < -0.39 is 5.82 Å². The molecule has 4 aromatic rings. The fraction of sp³-hybridized carbons (Fsp3) is 0.0476. The van der Waals surface area contributed by atoms with Gasteiger partial charge in [0.25, 0.3) is 0 Å². The van der Waals surface area contributed by atoms with Gasteiger partial charge in [-0.25, -0.2) is 4.39 Å². The van der Waals surface area contributed by atoms with Crippen molar-refractivity contribution in [1.29, 1.82) is 0 Å². The molecule has 0 aliphatic carbocycles. The summed E-state index contributed by atoms with van der Waals surface area (Å²) in [5.74, 6) is 0.0119. The predicted molar refractivity (Wildman–Crippen MR) is 115 cm³/mol. The molecule has 0 spiro atoms. The molecular formula is C21H15ClFN5OS. The van der Waals surface area contributed by atoms with E-state index in [1.165, 1.54) is 30.0 Å². The minimum Gasteiger partial charge on any atom is -0.325 e. The van der Waals surface area contributed by atoms with Crippen LogP contribution in [-0.4, -0.2) is 31.4 Å². The highest BCUT2D eigenvalue weighted by molar-refractivity contribution is 7.99. The van der Waals surface area contributed by atoms with Gasteiger partial charge in [-0.15, -0.1) is 10.2 Å². The molecule has 1 amide bonds. The van der Waals surface area contributed by atoms with Crippen LogP contribution in [0, 0.1) is 5.82 Å². The first-order chi connectivity index (χ1) is 14.6. The quantitative estimate of drug-likeness (QED) is 0.435. The highest BCUT2D eigenvalue weighted by Crippen LogP contribution is 2.28. The highest BCUT2D eigenvalue weighted by Gasteiger charge is 2.17. The number of thioether (sulfide) groups is 1. The molecule has 0 aliphatic rings. The van der Waals surface area contributed by atoms with Crippen LogP contribution >= 0.6 is 23.4 Å². The van der Waals surface area contributed by atoms with Crippen molar-refractivity contribution in [3.63, 3.8) is 0 Å². The number of pyridine rings is 1. The lowest BCUT2D eigenvalue weighted by Gasteiger charge is -2.10. The fourth-order valence-electron chi connectivity index (χ4n) is 2.77. The summed E-state index contributed by atoms with van der Waals surface area (Å²) in [6, 6.07) is 16.7. The van der Waals surface area contributed by atoms with Gasteiger partial charge in [-0.1, -0.05) is 29.4 Å². The third-order valence-corrected chi connectivity index (χ3v) is 5.28. The normalized spacial score (nSPS) is 10.7. The summed E-state index contributed by atoms with van der Waals surface area (Å²) >= 11 is 7.25. The maximum absolute atomic E-state index is 13.3. The van der Waals surface area contributed by atoms with Crippen LogP contribution in [0.25, 0.3) is 17.1 Å². The van der Waals surface area contributed by atoms with E-state index in [0.29, 0.717) is 21.7 Å². The molecule has 30 heavy (non-hydrogen) atoms. The third-order valence-electron chi connectivity index (χ3n) is 4.10. The van der Waals surface area contributed by atoms with Gasteiger partial charge >= 0.3 is 0 Å². The number of hydrogen-bond acceptors (Lipinski definition) is 5. The molecule has 9 heteroatoms. The molecular weight excluding hydrogens is 425 g/mol. The Morgan fingerprint density at radius 3 is 2.57 bits per heavy atom. The van der Waals surface area contributed by atoms with E-state index >= 15 is 0 Å². The van der Waals surface area contributed by atoms with Crippen molar-refractivity contribution >= 4 is 35.0 Å². The smallest absolute Gasteiger partial charge is 0.234 e. The summed E-state index contributed by atoms with van der Waals surface area (Å²) in [4.78, 5) is 16.4. The zero-order chi connectivity index (χ0) is 20.9. The summed E-state index contributed by atoms with van der Waals surface area (Å²) in [5, 5.41) is 12.4. The summed E-state index contributed by atoms with van der Waals surface area (Å²) in [6.07, 6.45) is 3.35. The molecule has 0 aliphatic heterocycles. The molecule has 0 atom stereocenters. The number of amides is 1. The highest BCUT2D eigenvalue weighted by atomic mass is 35.5. The molecule has 2 aromatic carbocycles. The van der Waals surface area contributed by atoms with Gasteiger partial charge in [-0.05, 0) is 54.6 Å². The number of nitrogens with one attached hydrogen (secondary N) is 1. The van der Waals surface area contributed by atoms with Crippen molar-refractivity contribution in [2.24, 2.45) is 0 Å². The van der Waals surface area contributed by atoms with Crippen molar-refractivity contribution < 1.29 is 9.18 Å². The molecule has 150 valence electrons. The minimum atomic E-state index is -0.412. The number of carbonyl (C=O) groups is 1. The largest absolute Gasteiger partial charge is 0.325 e. The van der Waals surface area contributed by atoms with Crippen molar-refractivity contribution in [2.45, 2.75) is 5.16 Å². The molecule has 0 unspecified atom stereocenters. The summed E-state index contributed by atoms with van der Waals surface area (Å²) < 4.78 is 15.2. The lowest BCUT2D eigenvalue weighted by Crippen LogP contribution is -2.14. The molecule has 0 saturated heterocycles. The number of halogens is 2. The molecule has 0 radical (unpaired) electrons. The first-order valence-corrected chi connectivity index (χ1v) is 10.3. The van der Waals surface area contributed by atoms with Gasteiger partial charge in [-0.2, -0.15) is 0 Å². The monoisotopic (exact) mass is 439 g/mol. The van der Waals surface area contributed by atoms with Gasteiger partial charge in [0.2, 0.25) is 5.91 Å². The molecule has 2 aromatic heterocycles. The Morgan fingerprint density at radius 1 is 1.07 bits per heavy atom. The fourth-order valence-corrected chi connectivity index (χ4v) is 3.65. The molecule has 1 N–H and O–H groups in total. The zero-order valence-electron chi connectivity index (χ0n) is 15.5. The topological polar surface area (TPSA) is 72.7 Å². The Kier molecular flexibility index (Phi) is 6.06. The van der Waals surface area contributed by atoms with Crippen molar-refractivity contribution in [1.82, 2.24) is 19.7 Å². The van der Waals surface area contributed by atoms with E-state index in [1.807, 2.05) is 28.8 Å². The number of anilines is 1. The number of carbonyl (C=O) groups excluding carboxylic acids is 1. The van der Waals surface area contributed by atoms with Crippen molar-refractivity contribution in [3.05, 3.63) is 83.9 Å². The van der Waals surface area contributed by atoms with E-state index in [9.17, 15) is 9.18 Å². The molecule has 0 saturated carbocycles. The molecule has 0 bridgehead atoms. The third kappa shape index (κ3) is 4.67. The molecule has 6 nitrogen and oxygen atoms in total. The van der Waals surface area contributed by atoms with E-state index in [-0.39, 0.29) is 11.7 Å². The molecule has 2 heterocycles. The Balaban J connectivity index is 1.59. The van der Waals surface area contributed by atoms with Crippen molar-refractivity contribution in [3.8, 4) is 17.1 Å². The van der Waals surface area contributed by atoms with E-state index in [0.717, 1.165) is 11.3 Å². The maximum Gasteiger partial charge on any atom is 0.234 e. The first kappa shape index (κ1) is 20.1. The van der Waals surface area contributed by atoms with Crippen LogP contribution in [0.2, 0.25) is 5.02 Å².